The summed E-state index contributed by atoms with van der Waals surface area (Å²) >= 11 is 0. The van der Waals surface area contributed by atoms with Crippen LogP contribution in [0.3, 0.4) is 0 Å². The van der Waals surface area contributed by atoms with E-state index < -0.39 is 97.5 Å². The lowest BCUT2D eigenvalue weighted by atomic mass is 10.0. The number of aliphatic hydroxyl groups excluding tert-OH is 1. The Morgan fingerprint density at radius 2 is 0.535 bits per heavy atom. The van der Waals surface area contributed by atoms with E-state index in [-0.39, 0.29) is 25.7 Å². The first-order valence-electron chi connectivity index (χ1n) is 35.1. The average molecular weight is 1270 g/mol. The Hall–Kier alpha value is -1.94. The highest BCUT2D eigenvalue weighted by Crippen LogP contribution is 2.45. The Kier molecular flexibility index (Phi) is 59.2. The molecule has 5 atom stereocenters. The summed E-state index contributed by atoms with van der Waals surface area (Å²) in [5.74, 6) is -1.44. The third-order valence-corrected chi connectivity index (χ3v) is 17.4. The Labute approximate surface area is 524 Å². The van der Waals surface area contributed by atoms with Gasteiger partial charge in [0, 0.05) is 25.7 Å². The Morgan fingerprint density at radius 1 is 0.314 bits per heavy atom. The summed E-state index contributed by atoms with van der Waals surface area (Å²) in [6.07, 6.45) is 46.0. The van der Waals surface area contributed by atoms with Crippen molar-refractivity contribution in [1.82, 2.24) is 0 Å². The minimum Gasteiger partial charge on any atom is -0.462 e. The summed E-state index contributed by atoms with van der Waals surface area (Å²) in [7, 11) is -9.89. The van der Waals surface area contributed by atoms with Gasteiger partial charge in [0.25, 0.3) is 0 Å². The highest BCUT2D eigenvalue weighted by atomic mass is 31.2. The summed E-state index contributed by atoms with van der Waals surface area (Å²) < 4.78 is 68.0. The van der Waals surface area contributed by atoms with E-state index in [9.17, 15) is 43.2 Å². The predicted molar refractivity (Wildman–Crippen MR) is 345 cm³/mol. The number of carbonyl (C=O) groups is 4. The quantitative estimate of drug-likeness (QED) is 0.0222. The Morgan fingerprint density at radius 3 is 0.791 bits per heavy atom. The summed E-state index contributed by atoms with van der Waals surface area (Å²) in [6, 6.07) is 0. The molecule has 0 radical (unpaired) electrons. The number of phosphoric acid groups is 2. The van der Waals surface area contributed by atoms with Gasteiger partial charge in [-0.15, -0.1) is 0 Å². The number of aliphatic hydroxyl groups is 1. The number of ether oxygens (including phenoxy) is 4. The molecule has 86 heavy (non-hydrogen) atoms. The van der Waals surface area contributed by atoms with E-state index in [1.165, 1.54) is 154 Å². The zero-order valence-electron chi connectivity index (χ0n) is 55.4. The fourth-order valence-corrected chi connectivity index (χ4v) is 11.7. The number of hydrogen-bond acceptors (Lipinski definition) is 15. The minimum absolute atomic E-state index is 0.103. The first-order chi connectivity index (χ1) is 41.5. The smallest absolute Gasteiger partial charge is 0.462 e. The zero-order chi connectivity index (χ0) is 63.5. The van der Waals surface area contributed by atoms with Crippen molar-refractivity contribution >= 4 is 39.5 Å². The van der Waals surface area contributed by atoms with E-state index in [1.54, 1.807) is 0 Å². The van der Waals surface area contributed by atoms with Gasteiger partial charge in [-0.25, -0.2) is 9.13 Å². The van der Waals surface area contributed by atoms with Crippen LogP contribution in [0.15, 0.2) is 0 Å². The van der Waals surface area contributed by atoms with Crippen molar-refractivity contribution in [2.24, 2.45) is 5.92 Å². The molecule has 0 saturated carbocycles. The second kappa shape index (κ2) is 60.6. The largest absolute Gasteiger partial charge is 0.472 e. The number of rotatable bonds is 67. The molecule has 2 unspecified atom stereocenters. The lowest BCUT2D eigenvalue weighted by Gasteiger charge is -2.21. The van der Waals surface area contributed by atoms with Gasteiger partial charge in [0.05, 0.1) is 26.4 Å². The van der Waals surface area contributed by atoms with Crippen LogP contribution in [0.5, 0.6) is 0 Å². The Bertz CT molecular complexity index is 1670. The molecule has 0 fully saturated rings. The van der Waals surface area contributed by atoms with Crippen LogP contribution < -0.4 is 0 Å². The van der Waals surface area contributed by atoms with Crippen molar-refractivity contribution < 1.29 is 80.2 Å². The standard InChI is InChI=1S/C67H130O17P2/c1-6-9-12-15-18-20-22-24-25-26-27-28-30-32-37-42-47-52-66(71)83-63(57-78-65(70)51-46-41-36-31-29-23-21-19-16-13-10-7-2)59-82-86(75,76)80-55-61(68)54-79-85(73,74)81-58-62(56-77-64(69)50-45-40-34-17-14-11-8-3)84-67(72)53-48-43-38-33-35-39-44-49-60(4)5/h60-63,68H,6-59H2,1-5H3,(H,73,74)(H,75,76)/t61-,62+,63+/m0/s1. The molecule has 0 aromatic carbocycles. The SMILES string of the molecule is CCCCCCCCCCCCCCCCCCCC(=O)O[C@H](COC(=O)CCCCCCCCCCCCCC)COP(=O)(O)OC[C@@H](O)COP(=O)(O)OC[C@@H](COC(=O)CCCCCCCCC)OC(=O)CCCCCCCCCC(C)C. The molecule has 0 heterocycles. The molecule has 0 amide bonds. The first kappa shape index (κ1) is 84.1. The van der Waals surface area contributed by atoms with Gasteiger partial charge in [0.2, 0.25) is 0 Å². The second-order valence-corrected chi connectivity index (χ2v) is 27.6. The molecular weight excluding hydrogens is 1140 g/mol. The van der Waals surface area contributed by atoms with Gasteiger partial charge in [0.1, 0.15) is 19.3 Å². The van der Waals surface area contributed by atoms with Gasteiger partial charge in [-0.05, 0) is 31.6 Å². The molecule has 0 bridgehead atoms. The third kappa shape index (κ3) is 60.9. The third-order valence-electron chi connectivity index (χ3n) is 15.5. The van der Waals surface area contributed by atoms with E-state index in [0.717, 1.165) is 103 Å². The monoisotopic (exact) mass is 1270 g/mol. The molecule has 0 aromatic heterocycles. The number of phosphoric ester groups is 2. The van der Waals surface area contributed by atoms with Crippen LogP contribution in [0.4, 0.5) is 0 Å². The highest BCUT2D eigenvalue weighted by molar-refractivity contribution is 7.47. The molecule has 0 spiro atoms. The van der Waals surface area contributed by atoms with E-state index in [0.29, 0.717) is 31.6 Å². The lowest BCUT2D eigenvalue weighted by Crippen LogP contribution is -2.30. The number of carbonyl (C=O) groups excluding carboxylic acids is 4. The molecule has 0 aromatic rings. The van der Waals surface area contributed by atoms with Crippen LogP contribution in [0.1, 0.15) is 343 Å². The van der Waals surface area contributed by atoms with Crippen LogP contribution in [-0.4, -0.2) is 96.7 Å². The summed E-state index contributed by atoms with van der Waals surface area (Å²) in [6.45, 7) is 7.12. The Balaban J connectivity index is 5.19. The van der Waals surface area contributed by atoms with Gasteiger partial charge in [0.15, 0.2) is 12.2 Å². The molecule has 510 valence electrons. The number of unbranched alkanes of at least 4 members (excludes halogenated alkanes) is 39. The van der Waals surface area contributed by atoms with E-state index in [2.05, 4.69) is 34.6 Å². The zero-order valence-corrected chi connectivity index (χ0v) is 57.2. The first-order valence-corrected chi connectivity index (χ1v) is 38.1. The van der Waals surface area contributed by atoms with Crippen molar-refractivity contribution in [3.8, 4) is 0 Å². The molecule has 0 aliphatic heterocycles. The van der Waals surface area contributed by atoms with Crippen LogP contribution in [-0.2, 0) is 65.4 Å². The molecule has 19 heteroatoms. The molecule has 0 aliphatic carbocycles. The summed E-state index contributed by atoms with van der Waals surface area (Å²) in [4.78, 5) is 72.2. The maximum atomic E-state index is 13.0. The van der Waals surface area contributed by atoms with Gasteiger partial charge in [-0.1, -0.05) is 291 Å². The molecule has 0 rings (SSSR count). The van der Waals surface area contributed by atoms with Crippen LogP contribution >= 0.6 is 15.6 Å². The maximum absolute atomic E-state index is 13.0. The lowest BCUT2D eigenvalue weighted by molar-refractivity contribution is -0.161. The number of esters is 4. The van der Waals surface area contributed by atoms with Gasteiger partial charge in [-0.3, -0.25) is 37.3 Å². The van der Waals surface area contributed by atoms with Gasteiger partial charge >= 0.3 is 39.5 Å². The predicted octanol–water partition coefficient (Wildman–Crippen LogP) is 19.0. The second-order valence-electron chi connectivity index (χ2n) is 24.7. The van der Waals surface area contributed by atoms with Crippen molar-refractivity contribution in [3.63, 3.8) is 0 Å². The van der Waals surface area contributed by atoms with E-state index in [4.69, 9.17) is 37.0 Å². The molecule has 0 aliphatic rings. The summed E-state index contributed by atoms with van der Waals surface area (Å²) in [5, 5.41) is 10.5. The van der Waals surface area contributed by atoms with Crippen molar-refractivity contribution in [2.75, 3.05) is 39.6 Å². The van der Waals surface area contributed by atoms with Gasteiger partial charge < -0.3 is 33.8 Å². The fourth-order valence-electron chi connectivity index (χ4n) is 10.1. The fraction of sp³-hybridized carbons (Fsp3) is 0.940. The summed E-state index contributed by atoms with van der Waals surface area (Å²) in [5.41, 5.74) is 0. The van der Waals surface area contributed by atoms with Crippen LogP contribution in [0.25, 0.3) is 0 Å². The molecule has 0 saturated heterocycles. The molecular formula is C67H130O17P2. The average Bonchev–Trinajstić information content (AvgIpc) is 3.56. The van der Waals surface area contributed by atoms with Crippen LogP contribution in [0.2, 0.25) is 0 Å². The van der Waals surface area contributed by atoms with E-state index >= 15 is 0 Å². The van der Waals surface area contributed by atoms with Crippen molar-refractivity contribution in [1.29, 1.82) is 0 Å². The molecule has 3 N–H and O–H groups in total. The van der Waals surface area contributed by atoms with Crippen LogP contribution in [0, 0.1) is 5.92 Å². The van der Waals surface area contributed by atoms with Crippen molar-refractivity contribution in [2.45, 2.75) is 361 Å². The maximum Gasteiger partial charge on any atom is 0.472 e. The van der Waals surface area contributed by atoms with Crippen molar-refractivity contribution in [3.05, 3.63) is 0 Å². The highest BCUT2D eigenvalue weighted by Gasteiger charge is 2.30. The topological polar surface area (TPSA) is 237 Å². The van der Waals surface area contributed by atoms with Gasteiger partial charge in [-0.2, -0.15) is 0 Å². The minimum atomic E-state index is -4.95. The number of hydrogen-bond donors (Lipinski definition) is 3. The molecule has 17 nitrogen and oxygen atoms in total. The van der Waals surface area contributed by atoms with E-state index in [1.807, 2.05) is 0 Å². The normalized spacial score (nSPS) is 14.2.